The Morgan fingerprint density at radius 1 is 1.60 bits per heavy atom. The molecule has 0 aromatic rings. The summed E-state index contributed by atoms with van der Waals surface area (Å²) >= 11 is 0. The molecule has 0 aromatic carbocycles. The summed E-state index contributed by atoms with van der Waals surface area (Å²) in [4.78, 5) is 0. The highest BCUT2D eigenvalue weighted by Crippen LogP contribution is 2.23. The zero-order chi connectivity index (χ0) is 7.40. The van der Waals surface area contributed by atoms with Crippen LogP contribution >= 0.6 is 0 Å². The summed E-state index contributed by atoms with van der Waals surface area (Å²) in [6.07, 6.45) is 10.6. The molecule has 10 heavy (non-hydrogen) atoms. The minimum atomic E-state index is 0.843. The summed E-state index contributed by atoms with van der Waals surface area (Å²) < 4.78 is 0. The lowest BCUT2D eigenvalue weighted by atomic mass is 9.89. The van der Waals surface area contributed by atoms with Crippen molar-refractivity contribution < 1.29 is 0 Å². The fourth-order valence-corrected chi connectivity index (χ4v) is 1.48. The molecule has 0 heteroatoms. The summed E-state index contributed by atoms with van der Waals surface area (Å²) in [5.41, 5.74) is 1.56. The van der Waals surface area contributed by atoms with Crippen molar-refractivity contribution in [2.24, 2.45) is 5.92 Å². The lowest BCUT2D eigenvalue weighted by molar-refractivity contribution is 0.553. The molecule has 56 valence electrons. The van der Waals surface area contributed by atoms with Crippen LogP contribution in [0.15, 0.2) is 23.8 Å². The van der Waals surface area contributed by atoms with E-state index in [1.807, 2.05) is 0 Å². The maximum Gasteiger partial charge on any atom is -0.0168 e. The van der Waals surface area contributed by atoms with Crippen molar-refractivity contribution in [2.45, 2.75) is 33.1 Å². The Bertz CT molecular complexity index is 151. The monoisotopic (exact) mass is 136 g/mol. The lowest BCUT2D eigenvalue weighted by Gasteiger charge is -2.16. The third-order valence-corrected chi connectivity index (χ3v) is 2.20. The maximum atomic E-state index is 2.27. The Kier molecular flexibility index (Phi) is 2.73. The van der Waals surface area contributed by atoms with E-state index >= 15 is 0 Å². The van der Waals surface area contributed by atoms with Crippen LogP contribution in [-0.4, -0.2) is 0 Å². The topological polar surface area (TPSA) is 0 Å². The smallest absolute Gasteiger partial charge is 0.0168 e. The highest BCUT2D eigenvalue weighted by Gasteiger charge is 2.08. The first-order valence-corrected chi connectivity index (χ1v) is 4.18. The van der Waals surface area contributed by atoms with Gasteiger partial charge in [0.25, 0.3) is 0 Å². The van der Waals surface area contributed by atoms with Gasteiger partial charge in [0, 0.05) is 0 Å². The summed E-state index contributed by atoms with van der Waals surface area (Å²) in [6, 6.07) is 0. The SMILES string of the molecule is CCC[C@@H]1CC=CC=C1C. The predicted octanol–water partition coefficient (Wildman–Crippen LogP) is 3.31. The molecule has 1 aliphatic carbocycles. The van der Waals surface area contributed by atoms with Crippen molar-refractivity contribution in [1.82, 2.24) is 0 Å². The number of allylic oxidation sites excluding steroid dienone is 4. The van der Waals surface area contributed by atoms with E-state index < -0.39 is 0 Å². The van der Waals surface area contributed by atoms with E-state index in [-0.39, 0.29) is 0 Å². The van der Waals surface area contributed by atoms with Gasteiger partial charge in [0.1, 0.15) is 0 Å². The molecule has 1 aliphatic rings. The van der Waals surface area contributed by atoms with Crippen molar-refractivity contribution in [2.75, 3.05) is 0 Å². The molecule has 0 aromatic heterocycles. The molecular formula is C10H16. The van der Waals surface area contributed by atoms with Gasteiger partial charge in [-0.15, -0.1) is 0 Å². The highest BCUT2D eigenvalue weighted by atomic mass is 14.1. The molecule has 0 spiro atoms. The standard InChI is InChI=1S/C10H16/c1-3-6-10-8-5-4-7-9(10)2/h4-5,7,10H,3,6,8H2,1-2H3/t10-/m1/s1. The predicted molar refractivity (Wildman–Crippen MR) is 45.9 cm³/mol. The molecule has 0 N–H and O–H groups in total. The molecule has 0 amide bonds. The van der Waals surface area contributed by atoms with Crippen LogP contribution < -0.4 is 0 Å². The maximum absolute atomic E-state index is 2.27. The Hall–Kier alpha value is -0.520. The number of hydrogen-bond donors (Lipinski definition) is 0. The molecule has 0 fully saturated rings. The average Bonchev–Trinajstić information content (AvgIpc) is 1.94. The van der Waals surface area contributed by atoms with Gasteiger partial charge in [0.2, 0.25) is 0 Å². The molecule has 1 rings (SSSR count). The van der Waals surface area contributed by atoms with Crippen LogP contribution in [0.3, 0.4) is 0 Å². The number of hydrogen-bond acceptors (Lipinski definition) is 0. The molecule has 0 radical (unpaired) electrons. The van der Waals surface area contributed by atoms with Gasteiger partial charge in [-0.1, -0.05) is 37.1 Å². The van der Waals surface area contributed by atoms with Crippen molar-refractivity contribution in [3.05, 3.63) is 23.8 Å². The molecule has 0 unspecified atom stereocenters. The Morgan fingerprint density at radius 3 is 3.00 bits per heavy atom. The summed E-state index contributed by atoms with van der Waals surface area (Å²) in [7, 11) is 0. The Morgan fingerprint density at radius 2 is 2.40 bits per heavy atom. The first kappa shape index (κ1) is 7.59. The van der Waals surface area contributed by atoms with E-state index in [0.717, 1.165) is 5.92 Å². The number of rotatable bonds is 2. The van der Waals surface area contributed by atoms with Gasteiger partial charge in [0.05, 0.1) is 0 Å². The van der Waals surface area contributed by atoms with Gasteiger partial charge in [-0.25, -0.2) is 0 Å². The summed E-state index contributed by atoms with van der Waals surface area (Å²) in [5.74, 6) is 0.843. The Balaban J connectivity index is 2.47. The minimum absolute atomic E-state index is 0.843. The molecule has 0 heterocycles. The van der Waals surface area contributed by atoms with Crippen LogP contribution in [0.2, 0.25) is 0 Å². The third-order valence-electron chi connectivity index (χ3n) is 2.20. The summed E-state index contributed by atoms with van der Waals surface area (Å²) in [5, 5.41) is 0. The van der Waals surface area contributed by atoms with Crippen LogP contribution in [0.4, 0.5) is 0 Å². The van der Waals surface area contributed by atoms with E-state index in [1.165, 1.54) is 19.3 Å². The quantitative estimate of drug-likeness (QED) is 0.546. The first-order chi connectivity index (χ1) is 4.84. The first-order valence-electron chi connectivity index (χ1n) is 4.18. The molecule has 0 saturated heterocycles. The fraction of sp³-hybridized carbons (Fsp3) is 0.600. The van der Waals surface area contributed by atoms with E-state index in [4.69, 9.17) is 0 Å². The molecule has 0 saturated carbocycles. The van der Waals surface area contributed by atoms with Gasteiger partial charge in [-0.3, -0.25) is 0 Å². The fourth-order valence-electron chi connectivity index (χ4n) is 1.48. The Labute approximate surface area is 63.6 Å². The largest absolute Gasteiger partial charge is 0.0839 e. The second kappa shape index (κ2) is 3.60. The van der Waals surface area contributed by atoms with Crippen LogP contribution in [0.25, 0.3) is 0 Å². The lowest BCUT2D eigenvalue weighted by Crippen LogP contribution is -2.02. The zero-order valence-electron chi connectivity index (χ0n) is 6.93. The molecular weight excluding hydrogens is 120 g/mol. The van der Waals surface area contributed by atoms with Gasteiger partial charge < -0.3 is 0 Å². The minimum Gasteiger partial charge on any atom is -0.0839 e. The van der Waals surface area contributed by atoms with Crippen molar-refractivity contribution in [3.8, 4) is 0 Å². The van der Waals surface area contributed by atoms with E-state index in [2.05, 4.69) is 32.1 Å². The molecule has 1 atom stereocenters. The van der Waals surface area contributed by atoms with E-state index in [1.54, 1.807) is 5.57 Å². The van der Waals surface area contributed by atoms with Gasteiger partial charge >= 0.3 is 0 Å². The van der Waals surface area contributed by atoms with Gasteiger partial charge in [-0.05, 0) is 25.7 Å². The van der Waals surface area contributed by atoms with Gasteiger partial charge in [0.15, 0.2) is 0 Å². The van der Waals surface area contributed by atoms with Crippen LogP contribution in [0.5, 0.6) is 0 Å². The average molecular weight is 136 g/mol. The van der Waals surface area contributed by atoms with Crippen molar-refractivity contribution >= 4 is 0 Å². The van der Waals surface area contributed by atoms with Crippen molar-refractivity contribution in [3.63, 3.8) is 0 Å². The van der Waals surface area contributed by atoms with E-state index in [9.17, 15) is 0 Å². The third kappa shape index (κ3) is 1.73. The zero-order valence-corrected chi connectivity index (χ0v) is 6.93. The second-order valence-electron chi connectivity index (χ2n) is 3.06. The highest BCUT2D eigenvalue weighted by molar-refractivity contribution is 5.18. The van der Waals surface area contributed by atoms with Gasteiger partial charge in [-0.2, -0.15) is 0 Å². The molecule has 0 nitrogen and oxygen atoms in total. The molecule has 0 aliphatic heterocycles. The van der Waals surface area contributed by atoms with Crippen LogP contribution in [-0.2, 0) is 0 Å². The summed E-state index contributed by atoms with van der Waals surface area (Å²) in [6.45, 7) is 4.50. The van der Waals surface area contributed by atoms with Crippen molar-refractivity contribution in [1.29, 1.82) is 0 Å². The normalized spacial score (nSPS) is 24.6. The van der Waals surface area contributed by atoms with Crippen LogP contribution in [0.1, 0.15) is 33.1 Å². The van der Waals surface area contributed by atoms with Crippen LogP contribution in [0, 0.1) is 5.92 Å². The molecule has 0 bridgehead atoms. The second-order valence-corrected chi connectivity index (χ2v) is 3.06. The van der Waals surface area contributed by atoms with E-state index in [0.29, 0.717) is 0 Å².